The van der Waals surface area contributed by atoms with Gasteiger partial charge in [0.15, 0.2) is 0 Å². The minimum Gasteiger partial charge on any atom is -0.340 e. The van der Waals surface area contributed by atoms with Crippen molar-refractivity contribution < 1.29 is 13.2 Å². The zero-order chi connectivity index (χ0) is 17.8. The molecular formula is C19H18ClF3N2. The van der Waals surface area contributed by atoms with Crippen LogP contribution in [0.4, 0.5) is 24.7 Å². The van der Waals surface area contributed by atoms with Gasteiger partial charge in [0.05, 0.1) is 0 Å². The first kappa shape index (κ1) is 16.7. The van der Waals surface area contributed by atoms with Crippen LogP contribution in [0.15, 0.2) is 30.3 Å². The fraction of sp³-hybridized carbons (Fsp3) is 0.421. The SMILES string of the molecule is Cc1ccc2c(n1)Nc1ccc(Cl)cc1C2(CCC1CC1)C(F)(F)F. The summed E-state index contributed by atoms with van der Waals surface area (Å²) in [7, 11) is 0. The average molecular weight is 367 g/mol. The molecule has 2 heterocycles. The van der Waals surface area contributed by atoms with Crippen molar-refractivity contribution in [3.05, 3.63) is 52.2 Å². The minimum atomic E-state index is -4.44. The fourth-order valence-corrected chi connectivity index (χ4v) is 3.96. The number of aryl methyl sites for hydroxylation is 1. The van der Waals surface area contributed by atoms with E-state index in [1.54, 1.807) is 31.2 Å². The van der Waals surface area contributed by atoms with Crippen molar-refractivity contribution in [3.8, 4) is 0 Å². The monoisotopic (exact) mass is 366 g/mol. The highest BCUT2D eigenvalue weighted by molar-refractivity contribution is 6.30. The number of fused-ring (bicyclic) bond motifs is 2. The molecule has 1 unspecified atom stereocenters. The molecule has 0 spiro atoms. The molecule has 1 aliphatic heterocycles. The van der Waals surface area contributed by atoms with Crippen LogP contribution in [0.25, 0.3) is 0 Å². The smallest absolute Gasteiger partial charge is 0.340 e. The topological polar surface area (TPSA) is 24.9 Å². The van der Waals surface area contributed by atoms with E-state index in [4.69, 9.17) is 11.6 Å². The predicted molar refractivity (Wildman–Crippen MR) is 92.5 cm³/mol. The number of hydrogen-bond acceptors (Lipinski definition) is 2. The number of rotatable bonds is 3. The maximum atomic E-state index is 14.6. The van der Waals surface area contributed by atoms with E-state index in [1.807, 2.05) is 0 Å². The van der Waals surface area contributed by atoms with Gasteiger partial charge in [-0.3, -0.25) is 0 Å². The Balaban J connectivity index is 1.97. The first-order valence-corrected chi connectivity index (χ1v) is 8.81. The number of pyridine rings is 1. The van der Waals surface area contributed by atoms with Gasteiger partial charge in [-0.05, 0) is 55.5 Å². The maximum absolute atomic E-state index is 14.6. The third-order valence-electron chi connectivity index (χ3n) is 5.30. The quantitative estimate of drug-likeness (QED) is 0.705. The Bertz CT molecular complexity index is 830. The molecule has 132 valence electrons. The van der Waals surface area contributed by atoms with Crippen molar-refractivity contribution in [2.24, 2.45) is 5.92 Å². The second-order valence-corrected chi connectivity index (χ2v) is 7.49. The zero-order valence-corrected chi connectivity index (χ0v) is 14.5. The molecule has 1 fully saturated rings. The van der Waals surface area contributed by atoms with Crippen LogP contribution in [0.2, 0.25) is 5.02 Å². The molecule has 1 saturated carbocycles. The molecule has 0 amide bonds. The van der Waals surface area contributed by atoms with E-state index < -0.39 is 11.6 Å². The van der Waals surface area contributed by atoms with Crippen molar-refractivity contribution in [1.82, 2.24) is 4.98 Å². The number of aromatic nitrogens is 1. The lowest BCUT2D eigenvalue weighted by molar-refractivity contribution is -0.180. The molecule has 2 aromatic rings. The Hall–Kier alpha value is -1.75. The molecule has 2 nitrogen and oxygen atoms in total. The second kappa shape index (κ2) is 5.63. The van der Waals surface area contributed by atoms with E-state index in [2.05, 4.69) is 10.3 Å². The van der Waals surface area contributed by atoms with Crippen LogP contribution in [-0.4, -0.2) is 11.2 Å². The van der Waals surface area contributed by atoms with Gasteiger partial charge < -0.3 is 5.32 Å². The lowest BCUT2D eigenvalue weighted by Gasteiger charge is -2.42. The third-order valence-corrected chi connectivity index (χ3v) is 5.53. The Morgan fingerprint density at radius 2 is 1.96 bits per heavy atom. The molecule has 1 aromatic heterocycles. The van der Waals surface area contributed by atoms with Gasteiger partial charge in [0.25, 0.3) is 0 Å². The zero-order valence-electron chi connectivity index (χ0n) is 13.8. The standard InChI is InChI=1S/C19H18ClF3N2/c1-11-2-6-14-17(24-11)25-16-7-5-13(20)10-15(16)18(14,19(21,22)23)9-8-12-3-4-12/h2,5-7,10,12H,3-4,8-9H2,1H3,(H,24,25). The molecule has 2 aliphatic rings. The summed E-state index contributed by atoms with van der Waals surface area (Å²) in [5.74, 6) is 0.696. The summed E-state index contributed by atoms with van der Waals surface area (Å²) in [6.45, 7) is 1.78. The average Bonchev–Trinajstić information content (AvgIpc) is 3.35. The summed E-state index contributed by atoms with van der Waals surface area (Å²) in [4.78, 5) is 4.34. The molecule has 1 aromatic carbocycles. The number of alkyl halides is 3. The van der Waals surface area contributed by atoms with Crippen molar-refractivity contribution in [3.63, 3.8) is 0 Å². The molecule has 25 heavy (non-hydrogen) atoms. The first-order valence-electron chi connectivity index (χ1n) is 8.43. The number of hydrogen-bond donors (Lipinski definition) is 1. The molecule has 6 heteroatoms. The van der Waals surface area contributed by atoms with Gasteiger partial charge in [-0.15, -0.1) is 0 Å². The largest absolute Gasteiger partial charge is 0.402 e. The van der Waals surface area contributed by atoms with Crippen molar-refractivity contribution in [2.75, 3.05) is 5.32 Å². The summed E-state index contributed by atoms with van der Waals surface area (Å²) in [5, 5.41) is 3.38. The van der Waals surface area contributed by atoms with Crippen LogP contribution in [0, 0.1) is 12.8 Å². The van der Waals surface area contributed by atoms with Crippen LogP contribution in [0.5, 0.6) is 0 Å². The molecule has 0 radical (unpaired) electrons. The van der Waals surface area contributed by atoms with Crippen LogP contribution >= 0.6 is 11.6 Å². The normalized spacial score (nSPS) is 22.1. The fourth-order valence-electron chi connectivity index (χ4n) is 3.79. The molecule has 4 rings (SSSR count). The molecule has 0 saturated heterocycles. The van der Waals surface area contributed by atoms with E-state index in [0.717, 1.165) is 12.8 Å². The van der Waals surface area contributed by atoms with Gasteiger partial charge in [0, 0.05) is 22.0 Å². The van der Waals surface area contributed by atoms with Gasteiger partial charge in [0.2, 0.25) is 0 Å². The lowest BCUT2D eigenvalue weighted by atomic mass is 9.68. The van der Waals surface area contributed by atoms with Gasteiger partial charge in [-0.1, -0.05) is 30.5 Å². The van der Waals surface area contributed by atoms with Crippen LogP contribution < -0.4 is 5.32 Å². The molecular weight excluding hydrogens is 349 g/mol. The molecule has 0 bridgehead atoms. The van der Waals surface area contributed by atoms with Crippen molar-refractivity contribution >= 4 is 23.1 Å². The lowest BCUT2D eigenvalue weighted by Crippen LogP contribution is -2.46. The van der Waals surface area contributed by atoms with E-state index in [1.165, 1.54) is 6.07 Å². The predicted octanol–water partition coefficient (Wildman–Crippen LogP) is 6.14. The number of nitrogens with one attached hydrogen (secondary N) is 1. The van der Waals surface area contributed by atoms with Crippen LogP contribution in [-0.2, 0) is 5.41 Å². The number of nitrogens with zero attached hydrogens (tertiary/aromatic N) is 1. The summed E-state index contributed by atoms with van der Waals surface area (Å²) in [5.41, 5.74) is -0.561. The van der Waals surface area contributed by atoms with Crippen molar-refractivity contribution in [1.29, 1.82) is 0 Å². The van der Waals surface area contributed by atoms with Crippen LogP contribution in [0.3, 0.4) is 0 Å². The Morgan fingerprint density at radius 3 is 2.64 bits per heavy atom. The highest BCUT2D eigenvalue weighted by Crippen LogP contribution is 2.57. The summed E-state index contributed by atoms with van der Waals surface area (Å²) >= 11 is 6.07. The molecule has 1 aliphatic carbocycles. The van der Waals surface area contributed by atoms with E-state index in [9.17, 15) is 13.2 Å². The van der Waals surface area contributed by atoms with E-state index in [0.29, 0.717) is 34.6 Å². The van der Waals surface area contributed by atoms with Crippen LogP contribution in [0.1, 0.15) is 42.5 Å². The van der Waals surface area contributed by atoms with Gasteiger partial charge in [-0.2, -0.15) is 13.2 Å². The third kappa shape index (κ3) is 2.69. The van der Waals surface area contributed by atoms with E-state index >= 15 is 0 Å². The summed E-state index contributed by atoms with van der Waals surface area (Å²) in [6.07, 6.45) is -1.82. The van der Waals surface area contributed by atoms with Gasteiger partial charge >= 0.3 is 6.18 Å². The second-order valence-electron chi connectivity index (χ2n) is 7.05. The summed E-state index contributed by atoms with van der Waals surface area (Å²) in [6, 6.07) is 7.88. The Morgan fingerprint density at radius 1 is 1.20 bits per heavy atom. The Kier molecular flexibility index (Phi) is 3.76. The first-order chi connectivity index (χ1) is 11.8. The molecule has 1 atom stereocenters. The molecule has 1 N–H and O–H groups in total. The summed E-state index contributed by atoms with van der Waals surface area (Å²) < 4.78 is 43.7. The highest BCUT2D eigenvalue weighted by atomic mass is 35.5. The van der Waals surface area contributed by atoms with Gasteiger partial charge in [0.1, 0.15) is 11.2 Å². The van der Waals surface area contributed by atoms with Crippen molar-refractivity contribution in [2.45, 2.75) is 44.2 Å². The number of benzene rings is 1. The number of halogens is 4. The minimum absolute atomic E-state index is 0.0218. The highest BCUT2D eigenvalue weighted by Gasteiger charge is 2.60. The Labute approximate surface area is 149 Å². The van der Waals surface area contributed by atoms with Gasteiger partial charge in [-0.25, -0.2) is 4.98 Å². The maximum Gasteiger partial charge on any atom is 0.402 e. The van der Waals surface area contributed by atoms with E-state index in [-0.39, 0.29) is 17.5 Å². The number of anilines is 2.